The van der Waals surface area contributed by atoms with Crippen molar-refractivity contribution in [3.63, 3.8) is 0 Å². The molecule has 0 radical (unpaired) electrons. The average molecular weight is 460 g/mol. The monoisotopic (exact) mass is 459 g/mol. The van der Waals surface area contributed by atoms with E-state index in [2.05, 4.69) is 62.7 Å². The highest BCUT2D eigenvalue weighted by Crippen LogP contribution is 2.31. The molecule has 32 heavy (non-hydrogen) atoms. The number of aromatic nitrogens is 1. The number of hydrogen-bond acceptors (Lipinski definition) is 6. The molecule has 0 fully saturated rings. The Morgan fingerprint density at radius 2 is 1.81 bits per heavy atom. The molecule has 0 atom stereocenters. The molecular formula is C24H31F2N5S. The maximum Gasteiger partial charge on any atom is 0.278 e. The third-order valence-corrected chi connectivity index (χ3v) is 6.32. The third-order valence-electron chi connectivity index (χ3n) is 5.54. The van der Waals surface area contributed by atoms with Crippen molar-refractivity contribution in [2.75, 3.05) is 10.6 Å². The third kappa shape index (κ3) is 5.53. The summed E-state index contributed by atoms with van der Waals surface area (Å²) < 4.78 is 27.7. The first-order valence-electron chi connectivity index (χ1n) is 11.0. The van der Waals surface area contributed by atoms with Crippen molar-refractivity contribution in [3.8, 4) is 0 Å². The summed E-state index contributed by atoms with van der Waals surface area (Å²) in [6.45, 7) is 11.1. The van der Waals surface area contributed by atoms with Gasteiger partial charge in [-0.25, -0.2) is 8.78 Å². The maximum absolute atomic E-state index is 12.8. The summed E-state index contributed by atoms with van der Waals surface area (Å²) in [5.74, 6) is 0. The van der Waals surface area contributed by atoms with Crippen LogP contribution >= 0.6 is 11.9 Å². The second-order valence-corrected chi connectivity index (χ2v) is 8.63. The van der Waals surface area contributed by atoms with E-state index in [1.165, 1.54) is 11.1 Å². The largest absolute Gasteiger partial charge is 0.310 e. The maximum atomic E-state index is 12.8. The number of hydrogen-bond donors (Lipinski definition) is 0. The fourth-order valence-electron chi connectivity index (χ4n) is 3.67. The molecule has 172 valence electrons. The highest BCUT2D eigenvalue weighted by atomic mass is 32.2. The standard InChI is InChI=1S/C22H25F2N5S.C2H6/c1-14(2)28-11-16-5-7-19(8-17(16)12-28)29(30-3)13-18-6-4-15(10-25-18)20-9-21(22(23)24)27-26-20;1-2/h4-8,10,14,22H,9,11-13H2,1-3H3;1-2H3. The Balaban J connectivity index is 0.00000141. The van der Waals surface area contributed by atoms with Crippen LogP contribution in [0, 0.1) is 0 Å². The average Bonchev–Trinajstić information content (AvgIpc) is 3.46. The number of halogens is 2. The van der Waals surface area contributed by atoms with Gasteiger partial charge in [-0.05, 0) is 49.2 Å². The molecule has 3 heterocycles. The van der Waals surface area contributed by atoms with Crippen LogP contribution in [0.2, 0.25) is 0 Å². The fourth-order valence-corrected chi connectivity index (χ4v) is 4.26. The van der Waals surface area contributed by atoms with E-state index in [0.717, 1.165) is 30.0 Å². The van der Waals surface area contributed by atoms with Gasteiger partial charge < -0.3 is 4.31 Å². The Morgan fingerprint density at radius 3 is 2.41 bits per heavy atom. The van der Waals surface area contributed by atoms with Crippen LogP contribution in [0.25, 0.3) is 0 Å². The van der Waals surface area contributed by atoms with Gasteiger partial charge in [0.15, 0.2) is 0 Å². The number of rotatable bonds is 7. The molecule has 0 unspecified atom stereocenters. The highest BCUT2D eigenvalue weighted by Gasteiger charge is 2.23. The van der Waals surface area contributed by atoms with Gasteiger partial charge in [0.2, 0.25) is 0 Å². The van der Waals surface area contributed by atoms with E-state index in [-0.39, 0.29) is 12.1 Å². The molecule has 0 N–H and O–H groups in total. The van der Waals surface area contributed by atoms with Crippen molar-refractivity contribution in [3.05, 3.63) is 58.9 Å². The molecule has 0 bridgehead atoms. The molecule has 0 amide bonds. The summed E-state index contributed by atoms with van der Waals surface area (Å²) >= 11 is 1.66. The van der Waals surface area contributed by atoms with Crippen LogP contribution < -0.4 is 4.31 Å². The van der Waals surface area contributed by atoms with Crippen molar-refractivity contribution in [2.24, 2.45) is 10.2 Å². The number of benzene rings is 1. The van der Waals surface area contributed by atoms with Crippen LogP contribution in [0.5, 0.6) is 0 Å². The normalized spacial score (nSPS) is 15.4. The Labute approximate surface area is 193 Å². The molecule has 8 heteroatoms. The van der Waals surface area contributed by atoms with Crippen LogP contribution in [-0.2, 0) is 19.6 Å². The van der Waals surface area contributed by atoms with Gasteiger partial charge in [0, 0.05) is 49.3 Å². The smallest absolute Gasteiger partial charge is 0.278 e. The van der Waals surface area contributed by atoms with Crippen molar-refractivity contribution >= 4 is 29.1 Å². The van der Waals surface area contributed by atoms with E-state index in [4.69, 9.17) is 0 Å². The lowest BCUT2D eigenvalue weighted by molar-refractivity contribution is 0.224. The number of pyridine rings is 1. The predicted octanol–water partition coefficient (Wildman–Crippen LogP) is 5.93. The molecular weight excluding hydrogens is 428 g/mol. The van der Waals surface area contributed by atoms with Crippen LogP contribution in [0.1, 0.15) is 56.5 Å². The summed E-state index contributed by atoms with van der Waals surface area (Å²) in [5, 5.41) is 7.45. The number of nitrogens with zero attached hydrogens (tertiary/aromatic N) is 5. The van der Waals surface area contributed by atoms with E-state index in [9.17, 15) is 8.78 Å². The van der Waals surface area contributed by atoms with Crippen LogP contribution in [-0.4, -0.2) is 40.0 Å². The topological polar surface area (TPSA) is 44.1 Å². The second kappa shape index (κ2) is 11.0. The lowest BCUT2D eigenvalue weighted by Crippen LogP contribution is -2.24. The number of anilines is 1. The van der Waals surface area contributed by atoms with Crippen molar-refractivity contribution in [1.29, 1.82) is 0 Å². The summed E-state index contributed by atoms with van der Waals surface area (Å²) in [7, 11) is 0. The molecule has 5 nitrogen and oxygen atoms in total. The summed E-state index contributed by atoms with van der Waals surface area (Å²) in [6.07, 6.45) is 1.27. The molecule has 2 aromatic rings. The molecule has 0 saturated carbocycles. The van der Waals surface area contributed by atoms with Crippen molar-refractivity contribution in [2.45, 2.75) is 66.2 Å². The molecule has 4 rings (SSSR count). The molecule has 1 aromatic carbocycles. The summed E-state index contributed by atoms with van der Waals surface area (Å²) in [5.41, 5.74) is 5.95. The van der Waals surface area contributed by atoms with Gasteiger partial charge in [-0.2, -0.15) is 10.2 Å². The zero-order chi connectivity index (χ0) is 23.3. The van der Waals surface area contributed by atoms with Gasteiger partial charge in [0.05, 0.1) is 18.0 Å². The Bertz CT molecular complexity index is 973. The van der Waals surface area contributed by atoms with Gasteiger partial charge >= 0.3 is 0 Å². The van der Waals surface area contributed by atoms with Gasteiger partial charge in [-0.15, -0.1) is 0 Å². The lowest BCUT2D eigenvalue weighted by Gasteiger charge is -2.22. The highest BCUT2D eigenvalue weighted by molar-refractivity contribution is 7.99. The summed E-state index contributed by atoms with van der Waals surface area (Å²) in [4.78, 5) is 7.00. The van der Waals surface area contributed by atoms with E-state index in [0.29, 0.717) is 18.3 Å². The van der Waals surface area contributed by atoms with E-state index in [1.807, 2.05) is 26.0 Å². The zero-order valence-corrected chi connectivity index (χ0v) is 20.2. The minimum Gasteiger partial charge on any atom is -0.310 e. The Morgan fingerprint density at radius 1 is 1.06 bits per heavy atom. The SMILES string of the molecule is CC.CSN(Cc1ccc(C2=NN=C(C(F)F)C2)cn1)c1ccc2c(c1)CN(C(C)C)C2. The van der Waals surface area contributed by atoms with Crippen molar-refractivity contribution in [1.82, 2.24) is 9.88 Å². The molecule has 0 aliphatic carbocycles. The second-order valence-electron chi connectivity index (χ2n) is 7.82. The van der Waals surface area contributed by atoms with Gasteiger partial charge in [-0.3, -0.25) is 9.88 Å². The molecule has 2 aliphatic rings. The number of alkyl halides is 2. The van der Waals surface area contributed by atoms with E-state index < -0.39 is 6.43 Å². The minimum absolute atomic E-state index is 0.0815. The molecule has 0 spiro atoms. The first-order chi connectivity index (χ1) is 15.4. The first-order valence-corrected chi connectivity index (χ1v) is 12.2. The van der Waals surface area contributed by atoms with Crippen molar-refractivity contribution < 1.29 is 8.78 Å². The number of fused-ring (bicyclic) bond motifs is 1. The molecule has 1 aromatic heterocycles. The minimum atomic E-state index is -2.56. The Kier molecular flexibility index (Phi) is 8.37. The Hall–Kier alpha value is -2.32. The molecule has 0 saturated heterocycles. The van der Waals surface area contributed by atoms with Gasteiger partial charge in [-0.1, -0.05) is 31.9 Å². The predicted molar refractivity (Wildman–Crippen MR) is 131 cm³/mol. The van der Waals surface area contributed by atoms with Crippen LogP contribution in [0.3, 0.4) is 0 Å². The zero-order valence-electron chi connectivity index (χ0n) is 19.3. The fraction of sp³-hybridized carbons (Fsp3) is 0.458. The lowest BCUT2D eigenvalue weighted by atomic mass is 10.1. The van der Waals surface area contributed by atoms with Gasteiger partial charge in [0.25, 0.3) is 6.43 Å². The van der Waals surface area contributed by atoms with Crippen LogP contribution in [0.4, 0.5) is 14.5 Å². The molecule has 2 aliphatic heterocycles. The quantitative estimate of drug-likeness (QED) is 0.482. The summed E-state index contributed by atoms with van der Waals surface area (Å²) in [6, 6.07) is 11.0. The van der Waals surface area contributed by atoms with E-state index >= 15 is 0 Å². The first kappa shape index (κ1) is 24.3. The van der Waals surface area contributed by atoms with Gasteiger partial charge in [0.1, 0.15) is 5.71 Å². The van der Waals surface area contributed by atoms with E-state index in [1.54, 1.807) is 18.1 Å². The van der Waals surface area contributed by atoms with Crippen LogP contribution in [0.15, 0.2) is 46.7 Å².